The highest BCUT2D eigenvalue weighted by Gasteiger charge is 2.15. The van der Waals surface area contributed by atoms with E-state index in [-0.39, 0.29) is 0 Å². The molecule has 2 nitrogen and oxygen atoms in total. The molecule has 0 bridgehead atoms. The molecule has 1 aliphatic carbocycles. The molecule has 0 spiro atoms. The van der Waals surface area contributed by atoms with E-state index in [0.29, 0.717) is 0 Å². The fraction of sp³-hybridized carbons (Fsp3) is 0.429. The molecule has 0 aromatic carbocycles. The standard InChI is InChI=1S/C7H12O2Si/c1-8-10(9-2)7-5-3-4-6-7/h3-5,10H,6H2,1-2H3. The Hall–Kier alpha value is -0.383. The van der Waals surface area contributed by atoms with Gasteiger partial charge in [-0.05, 0) is 11.6 Å². The first-order valence-corrected chi connectivity index (χ1v) is 4.81. The molecule has 10 heavy (non-hydrogen) atoms. The van der Waals surface area contributed by atoms with Gasteiger partial charge in [-0.15, -0.1) is 0 Å². The van der Waals surface area contributed by atoms with Crippen LogP contribution in [0.1, 0.15) is 6.42 Å². The number of allylic oxidation sites excluding steroid dienone is 4. The third-order valence-electron chi connectivity index (χ3n) is 1.53. The predicted molar refractivity (Wildman–Crippen MR) is 43.0 cm³/mol. The van der Waals surface area contributed by atoms with Gasteiger partial charge in [-0.25, -0.2) is 0 Å². The average molecular weight is 156 g/mol. The lowest BCUT2D eigenvalue weighted by atomic mass is 10.5. The third kappa shape index (κ3) is 1.56. The molecule has 0 aliphatic heterocycles. The van der Waals surface area contributed by atoms with E-state index in [2.05, 4.69) is 12.2 Å². The van der Waals surface area contributed by atoms with Crippen molar-refractivity contribution in [3.05, 3.63) is 23.4 Å². The van der Waals surface area contributed by atoms with Crippen molar-refractivity contribution in [2.24, 2.45) is 0 Å². The van der Waals surface area contributed by atoms with E-state index in [1.165, 1.54) is 5.20 Å². The van der Waals surface area contributed by atoms with Gasteiger partial charge in [0, 0.05) is 14.2 Å². The van der Waals surface area contributed by atoms with Crippen molar-refractivity contribution >= 4 is 9.28 Å². The predicted octanol–water partition coefficient (Wildman–Crippen LogP) is 0.925. The van der Waals surface area contributed by atoms with Crippen molar-refractivity contribution in [1.82, 2.24) is 0 Å². The van der Waals surface area contributed by atoms with E-state index in [1.54, 1.807) is 14.2 Å². The quantitative estimate of drug-likeness (QED) is 0.566. The Morgan fingerprint density at radius 2 is 2.10 bits per heavy atom. The van der Waals surface area contributed by atoms with Gasteiger partial charge in [-0.2, -0.15) is 0 Å². The van der Waals surface area contributed by atoms with Crippen LogP contribution in [0, 0.1) is 0 Å². The second-order valence-electron chi connectivity index (χ2n) is 2.18. The zero-order valence-electron chi connectivity index (χ0n) is 6.33. The summed E-state index contributed by atoms with van der Waals surface area (Å²) in [6, 6.07) is 0. The van der Waals surface area contributed by atoms with E-state index in [0.717, 1.165) is 6.42 Å². The van der Waals surface area contributed by atoms with Gasteiger partial charge in [0.1, 0.15) is 0 Å². The van der Waals surface area contributed by atoms with Crippen LogP contribution in [0.25, 0.3) is 0 Å². The van der Waals surface area contributed by atoms with Crippen LogP contribution in [0.15, 0.2) is 23.4 Å². The first-order valence-electron chi connectivity index (χ1n) is 3.29. The maximum absolute atomic E-state index is 5.19. The van der Waals surface area contributed by atoms with E-state index in [9.17, 15) is 0 Å². The highest BCUT2D eigenvalue weighted by molar-refractivity contribution is 6.53. The molecule has 3 heteroatoms. The summed E-state index contributed by atoms with van der Waals surface area (Å²) >= 11 is 0. The van der Waals surface area contributed by atoms with Crippen molar-refractivity contribution in [2.45, 2.75) is 6.42 Å². The van der Waals surface area contributed by atoms with Crippen LogP contribution in [0.3, 0.4) is 0 Å². The Balaban J connectivity index is 2.47. The van der Waals surface area contributed by atoms with E-state index >= 15 is 0 Å². The maximum atomic E-state index is 5.19. The van der Waals surface area contributed by atoms with Crippen molar-refractivity contribution in [2.75, 3.05) is 14.2 Å². The second-order valence-corrected chi connectivity index (χ2v) is 4.53. The minimum atomic E-state index is -1.45. The summed E-state index contributed by atoms with van der Waals surface area (Å²) in [5.41, 5.74) is 0. The summed E-state index contributed by atoms with van der Waals surface area (Å²) < 4.78 is 10.4. The first-order chi connectivity index (χ1) is 4.88. The molecule has 56 valence electrons. The number of hydrogen-bond acceptors (Lipinski definition) is 2. The fourth-order valence-electron chi connectivity index (χ4n) is 1.04. The largest absolute Gasteiger partial charge is 0.397 e. The van der Waals surface area contributed by atoms with Gasteiger partial charge in [-0.3, -0.25) is 0 Å². The van der Waals surface area contributed by atoms with Crippen LogP contribution in [-0.4, -0.2) is 23.5 Å². The van der Waals surface area contributed by atoms with Crippen molar-refractivity contribution in [3.8, 4) is 0 Å². The number of hydrogen-bond donors (Lipinski definition) is 0. The van der Waals surface area contributed by atoms with Gasteiger partial charge in [0.25, 0.3) is 0 Å². The Morgan fingerprint density at radius 3 is 2.50 bits per heavy atom. The summed E-state index contributed by atoms with van der Waals surface area (Å²) in [7, 11) is 1.97. The molecule has 1 aliphatic rings. The van der Waals surface area contributed by atoms with Gasteiger partial charge < -0.3 is 8.85 Å². The Morgan fingerprint density at radius 1 is 1.40 bits per heavy atom. The molecule has 0 aromatic rings. The minimum absolute atomic E-state index is 1.01. The van der Waals surface area contributed by atoms with Gasteiger partial charge in [0.15, 0.2) is 0 Å². The van der Waals surface area contributed by atoms with Crippen LogP contribution < -0.4 is 0 Å². The molecular formula is C7H12O2Si. The molecule has 0 saturated carbocycles. The van der Waals surface area contributed by atoms with Crippen molar-refractivity contribution in [3.63, 3.8) is 0 Å². The van der Waals surface area contributed by atoms with Gasteiger partial charge in [0.2, 0.25) is 0 Å². The molecule has 1 rings (SSSR count). The fourth-order valence-corrected chi connectivity index (χ4v) is 2.43. The Kier molecular flexibility index (Phi) is 2.86. The van der Waals surface area contributed by atoms with Crippen LogP contribution in [0.2, 0.25) is 0 Å². The van der Waals surface area contributed by atoms with E-state index in [4.69, 9.17) is 8.85 Å². The monoisotopic (exact) mass is 156 g/mol. The summed E-state index contributed by atoms with van der Waals surface area (Å²) in [6.07, 6.45) is 7.27. The topological polar surface area (TPSA) is 18.5 Å². The summed E-state index contributed by atoms with van der Waals surface area (Å²) in [6.45, 7) is 0. The van der Waals surface area contributed by atoms with Gasteiger partial charge >= 0.3 is 9.28 Å². The molecule has 0 radical (unpaired) electrons. The van der Waals surface area contributed by atoms with Crippen LogP contribution in [-0.2, 0) is 8.85 Å². The zero-order valence-corrected chi connectivity index (χ0v) is 7.49. The second kappa shape index (κ2) is 3.70. The highest BCUT2D eigenvalue weighted by Crippen LogP contribution is 2.13. The van der Waals surface area contributed by atoms with Crippen LogP contribution in [0.5, 0.6) is 0 Å². The molecule has 0 saturated heterocycles. The molecule has 0 unspecified atom stereocenters. The van der Waals surface area contributed by atoms with Crippen molar-refractivity contribution in [1.29, 1.82) is 0 Å². The van der Waals surface area contributed by atoms with E-state index in [1.807, 2.05) is 6.08 Å². The molecule has 0 heterocycles. The van der Waals surface area contributed by atoms with Crippen LogP contribution >= 0.6 is 0 Å². The van der Waals surface area contributed by atoms with Gasteiger partial charge in [-0.1, -0.05) is 18.2 Å². The molecule has 0 N–H and O–H groups in total. The average Bonchev–Trinajstić information content (AvgIpc) is 2.43. The smallest absolute Gasteiger partial charge is 0.351 e. The minimum Gasteiger partial charge on any atom is -0.397 e. The molecule has 0 amide bonds. The lowest BCUT2D eigenvalue weighted by Gasteiger charge is -2.10. The molecule has 0 atom stereocenters. The van der Waals surface area contributed by atoms with Crippen LogP contribution in [0.4, 0.5) is 0 Å². The zero-order chi connectivity index (χ0) is 7.40. The first kappa shape index (κ1) is 7.72. The Labute approximate surface area is 63.0 Å². The highest BCUT2D eigenvalue weighted by atomic mass is 28.3. The summed E-state index contributed by atoms with van der Waals surface area (Å²) in [5, 5.41) is 1.32. The van der Waals surface area contributed by atoms with Crippen molar-refractivity contribution < 1.29 is 8.85 Å². The third-order valence-corrected chi connectivity index (χ3v) is 3.42. The summed E-state index contributed by atoms with van der Waals surface area (Å²) in [4.78, 5) is 0. The lowest BCUT2D eigenvalue weighted by molar-refractivity contribution is 0.286. The molecule has 0 fully saturated rings. The Bertz CT molecular complexity index is 159. The molecule has 0 aromatic heterocycles. The number of rotatable bonds is 3. The maximum Gasteiger partial charge on any atom is 0.351 e. The SMILES string of the molecule is CO[SiH](OC)C1=CC=CC1. The molecular weight excluding hydrogens is 144 g/mol. The van der Waals surface area contributed by atoms with E-state index < -0.39 is 9.28 Å². The lowest BCUT2D eigenvalue weighted by Crippen LogP contribution is -2.21. The van der Waals surface area contributed by atoms with Gasteiger partial charge in [0.05, 0.1) is 0 Å². The normalized spacial score (nSPS) is 16.5. The summed E-state index contributed by atoms with van der Waals surface area (Å²) in [5.74, 6) is 0.